The maximum Gasteiger partial charge on any atom is 0.322 e. The van der Waals surface area contributed by atoms with E-state index in [0.717, 1.165) is 43.9 Å². The fourth-order valence-corrected chi connectivity index (χ4v) is 4.64. The molecule has 0 saturated carbocycles. The zero-order valence-corrected chi connectivity index (χ0v) is 17.7. The molecular formula is C22H34N2O4. The van der Waals surface area contributed by atoms with Crippen molar-refractivity contribution in [3.05, 3.63) is 23.3 Å². The molecule has 0 bridgehead atoms. The Balaban J connectivity index is 1.90. The van der Waals surface area contributed by atoms with Crippen LogP contribution >= 0.6 is 0 Å². The van der Waals surface area contributed by atoms with Gasteiger partial charge in [-0.25, -0.2) is 0 Å². The molecule has 2 N–H and O–H groups in total. The number of rotatable bonds is 6. The van der Waals surface area contributed by atoms with Gasteiger partial charge in [0.05, 0.1) is 14.2 Å². The lowest BCUT2D eigenvalue weighted by Gasteiger charge is -2.47. The highest BCUT2D eigenvalue weighted by atomic mass is 16.5. The molecule has 2 heterocycles. The summed E-state index contributed by atoms with van der Waals surface area (Å²) < 4.78 is 16.9. The van der Waals surface area contributed by atoms with Gasteiger partial charge in [0, 0.05) is 31.5 Å². The van der Waals surface area contributed by atoms with Crippen molar-refractivity contribution in [1.82, 2.24) is 4.90 Å². The molecule has 1 aromatic rings. The lowest BCUT2D eigenvalue weighted by molar-refractivity contribution is -0.158. The molecule has 28 heavy (non-hydrogen) atoms. The van der Waals surface area contributed by atoms with Gasteiger partial charge in [-0.05, 0) is 48.9 Å². The van der Waals surface area contributed by atoms with E-state index in [1.165, 1.54) is 11.1 Å². The van der Waals surface area contributed by atoms with Crippen LogP contribution in [0.3, 0.4) is 0 Å². The standard InChI is InChI=1S/C22H34N2O4/c1-13(2)8-16-12-24-7-6-15-9-20(26-4)21(27-5)10-17(15)18(24)11-19(16)28-22(25)14(3)23/h9-10,13-14,16,18-19H,6-8,11-12,23H2,1-5H3/t14-,16+,18+,19+/m0/s1. The molecule has 0 radical (unpaired) electrons. The Morgan fingerprint density at radius 1 is 1.21 bits per heavy atom. The largest absolute Gasteiger partial charge is 0.493 e. The van der Waals surface area contributed by atoms with Gasteiger partial charge in [-0.3, -0.25) is 9.69 Å². The summed E-state index contributed by atoms with van der Waals surface area (Å²) in [6.07, 6.45) is 2.71. The third-order valence-electron chi connectivity index (χ3n) is 5.98. The highest BCUT2D eigenvalue weighted by molar-refractivity contribution is 5.75. The van der Waals surface area contributed by atoms with Crippen molar-refractivity contribution >= 4 is 5.97 Å². The van der Waals surface area contributed by atoms with E-state index >= 15 is 0 Å². The van der Waals surface area contributed by atoms with Crippen molar-refractivity contribution in [2.45, 2.75) is 58.2 Å². The van der Waals surface area contributed by atoms with Crippen molar-refractivity contribution in [2.24, 2.45) is 17.6 Å². The van der Waals surface area contributed by atoms with Crippen molar-refractivity contribution in [1.29, 1.82) is 0 Å². The summed E-state index contributed by atoms with van der Waals surface area (Å²) in [6.45, 7) is 8.07. The van der Waals surface area contributed by atoms with Crippen LogP contribution in [0, 0.1) is 11.8 Å². The summed E-state index contributed by atoms with van der Waals surface area (Å²) in [5, 5.41) is 0. The second kappa shape index (κ2) is 8.70. The first-order valence-corrected chi connectivity index (χ1v) is 10.3. The molecule has 156 valence electrons. The van der Waals surface area contributed by atoms with Crippen LogP contribution in [0.25, 0.3) is 0 Å². The number of piperidine rings is 1. The van der Waals surface area contributed by atoms with E-state index in [-0.39, 0.29) is 18.1 Å². The third kappa shape index (κ3) is 4.28. The molecule has 1 aromatic carbocycles. The van der Waals surface area contributed by atoms with Gasteiger partial charge in [0.2, 0.25) is 0 Å². The average Bonchev–Trinajstić information content (AvgIpc) is 2.66. The topological polar surface area (TPSA) is 74.0 Å². The van der Waals surface area contributed by atoms with Gasteiger partial charge in [-0.1, -0.05) is 13.8 Å². The Bertz CT molecular complexity index is 704. The minimum atomic E-state index is -0.597. The first-order chi connectivity index (χ1) is 13.3. The fraction of sp³-hybridized carbons (Fsp3) is 0.682. The first kappa shape index (κ1) is 20.9. The number of carbonyl (C=O) groups is 1. The zero-order chi connectivity index (χ0) is 20.4. The van der Waals surface area contributed by atoms with Gasteiger partial charge >= 0.3 is 5.97 Å². The molecule has 2 aliphatic heterocycles. The van der Waals surface area contributed by atoms with Crippen LogP contribution in [0.1, 0.15) is 50.8 Å². The molecule has 0 spiro atoms. The molecule has 6 heteroatoms. The van der Waals surface area contributed by atoms with E-state index in [1.807, 2.05) is 0 Å². The highest BCUT2D eigenvalue weighted by Crippen LogP contribution is 2.44. The molecular weight excluding hydrogens is 356 g/mol. The summed E-state index contributed by atoms with van der Waals surface area (Å²) >= 11 is 0. The average molecular weight is 391 g/mol. The van der Waals surface area contributed by atoms with Crippen LogP contribution in [-0.4, -0.2) is 50.3 Å². The number of ether oxygens (including phenoxy) is 3. The molecule has 0 aromatic heterocycles. The van der Waals surface area contributed by atoms with E-state index in [1.54, 1.807) is 21.1 Å². The Hall–Kier alpha value is -1.79. The molecule has 6 nitrogen and oxygen atoms in total. The van der Waals surface area contributed by atoms with Gasteiger partial charge in [0.1, 0.15) is 12.1 Å². The molecule has 1 fully saturated rings. The SMILES string of the molecule is COc1cc2c(cc1OC)[C@H]1C[C@@H](OC(=O)[C@H](C)N)[C@H](CC(C)C)CN1CC2. The summed E-state index contributed by atoms with van der Waals surface area (Å²) in [5.74, 6) is 2.09. The van der Waals surface area contributed by atoms with Gasteiger partial charge in [-0.15, -0.1) is 0 Å². The number of methoxy groups -OCH3 is 2. The second-order valence-electron chi connectivity index (χ2n) is 8.56. The highest BCUT2D eigenvalue weighted by Gasteiger charge is 2.41. The maximum atomic E-state index is 12.2. The first-order valence-electron chi connectivity index (χ1n) is 10.3. The van der Waals surface area contributed by atoms with E-state index in [0.29, 0.717) is 11.8 Å². The van der Waals surface area contributed by atoms with E-state index in [4.69, 9.17) is 19.9 Å². The molecule has 0 unspecified atom stereocenters. The monoisotopic (exact) mass is 390 g/mol. The van der Waals surface area contributed by atoms with Gasteiger partial charge in [-0.2, -0.15) is 0 Å². The number of esters is 1. The Morgan fingerprint density at radius 3 is 2.50 bits per heavy atom. The quantitative estimate of drug-likeness (QED) is 0.753. The fourth-order valence-electron chi connectivity index (χ4n) is 4.64. The second-order valence-corrected chi connectivity index (χ2v) is 8.56. The predicted molar refractivity (Wildman–Crippen MR) is 109 cm³/mol. The van der Waals surface area contributed by atoms with Crippen molar-refractivity contribution in [2.75, 3.05) is 27.3 Å². The number of hydrogen-bond donors (Lipinski definition) is 1. The van der Waals surface area contributed by atoms with E-state index < -0.39 is 6.04 Å². The number of benzene rings is 1. The zero-order valence-electron chi connectivity index (χ0n) is 17.7. The minimum absolute atomic E-state index is 0.110. The van der Waals surface area contributed by atoms with Gasteiger partial charge < -0.3 is 19.9 Å². The van der Waals surface area contributed by atoms with Gasteiger partial charge in [0.25, 0.3) is 0 Å². The van der Waals surface area contributed by atoms with Crippen LogP contribution in [0.4, 0.5) is 0 Å². The number of carbonyl (C=O) groups excluding carboxylic acids is 1. The lowest BCUT2D eigenvalue weighted by atomic mass is 9.79. The van der Waals surface area contributed by atoms with Crippen molar-refractivity contribution in [3.63, 3.8) is 0 Å². The predicted octanol–water partition coefficient (Wildman–Crippen LogP) is 2.93. The maximum absolute atomic E-state index is 12.2. The van der Waals surface area contributed by atoms with Crippen molar-refractivity contribution < 1.29 is 19.0 Å². The molecule has 0 aliphatic carbocycles. The molecule has 4 atom stereocenters. The molecule has 0 amide bonds. The van der Waals surface area contributed by atoms with E-state index in [9.17, 15) is 4.79 Å². The lowest BCUT2D eigenvalue weighted by Crippen LogP contribution is -2.50. The molecule has 1 saturated heterocycles. The Labute approximate surface area is 168 Å². The van der Waals surface area contributed by atoms with Crippen LogP contribution < -0.4 is 15.2 Å². The number of hydrogen-bond acceptors (Lipinski definition) is 6. The Kier molecular flexibility index (Phi) is 6.50. The Morgan fingerprint density at radius 2 is 1.89 bits per heavy atom. The smallest absolute Gasteiger partial charge is 0.322 e. The van der Waals surface area contributed by atoms with Crippen LogP contribution in [-0.2, 0) is 16.0 Å². The summed E-state index contributed by atoms with van der Waals surface area (Å²) in [6, 6.07) is 3.81. The molecule has 3 rings (SSSR count). The number of fused-ring (bicyclic) bond motifs is 3. The number of nitrogens with zero attached hydrogens (tertiary/aromatic N) is 1. The van der Waals surface area contributed by atoms with Crippen LogP contribution in [0.2, 0.25) is 0 Å². The van der Waals surface area contributed by atoms with Gasteiger partial charge in [0.15, 0.2) is 11.5 Å². The molecule has 2 aliphatic rings. The number of nitrogens with two attached hydrogens (primary N) is 1. The van der Waals surface area contributed by atoms with Crippen molar-refractivity contribution in [3.8, 4) is 11.5 Å². The minimum Gasteiger partial charge on any atom is -0.493 e. The van der Waals surface area contributed by atoms with Crippen LogP contribution in [0.5, 0.6) is 11.5 Å². The summed E-state index contributed by atoms with van der Waals surface area (Å²) in [5.41, 5.74) is 8.31. The third-order valence-corrected chi connectivity index (χ3v) is 5.98. The van der Waals surface area contributed by atoms with E-state index in [2.05, 4.69) is 30.9 Å². The normalized spacial score (nSPS) is 25.6. The summed E-state index contributed by atoms with van der Waals surface area (Å²) in [7, 11) is 3.33. The summed E-state index contributed by atoms with van der Waals surface area (Å²) in [4.78, 5) is 14.8. The van der Waals surface area contributed by atoms with Crippen LogP contribution in [0.15, 0.2) is 12.1 Å².